The zero-order valence-electron chi connectivity index (χ0n) is 22.2. The Morgan fingerprint density at radius 2 is 1.92 bits per heavy atom. The van der Waals surface area contributed by atoms with Gasteiger partial charge in [0.25, 0.3) is 0 Å². The molecule has 2 atom stereocenters. The molecule has 0 aliphatic heterocycles. The normalized spacial score (nSPS) is 16.0. The third-order valence-electron chi connectivity index (χ3n) is 7.46. The van der Waals surface area contributed by atoms with Gasteiger partial charge in [0.15, 0.2) is 0 Å². The van der Waals surface area contributed by atoms with Gasteiger partial charge in [0, 0.05) is 23.3 Å². The number of pyridine rings is 1. The van der Waals surface area contributed by atoms with Crippen molar-refractivity contribution in [3.8, 4) is 6.07 Å². The van der Waals surface area contributed by atoms with Gasteiger partial charge in [0.05, 0.1) is 39.5 Å². The van der Waals surface area contributed by atoms with Crippen molar-refractivity contribution in [1.29, 1.82) is 5.26 Å². The van der Waals surface area contributed by atoms with Crippen molar-refractivity contribution in [2.24, 2.45) is 5.41 Å². The van der Waals surface area contributed by atoms with Crippen LogP contribution in [0.4, 0.5) is 15.8 Å². The summed E-state index contributed by atoms with van der Waals surface area (Å²) < 4.78 is 15.7. The SMILES string of the molecule is BC(Nc1cc(Cl)c2ncc(C#N)c(N[C@H](C)C(C)(C)C)c2c1)(c1ccc(F)cc1)c1cn(C2CC2)nn1. The largest absolute Gasteiger partial charge is 0.380 e. The van der Waals surface area contributed by atoms with Crippen molar-refractivity contribution in [2.75, 3.05) is 10.6 Å². The van der Waals surface area contributed by atoms with Crippen LogP contribution in [0.5, 0.6) is 0 Å². The molecule has 4 aromatic rings. The minimum Gasteiger partial charge on any atom is -0.380 e. The predicted octanol–water partition coefficient (Wildman–Crippen LogP) is 5.62. The third kappa shape index (κ3) is 4.93. The number of anilines is 2. The number of rotatable bonds is 7. The van der Waals surface area contributed by atoms with Crippen LogP contribution in [0.3, 0.4) is 0 Å². The first-order valence-electron chi connectivity index (χ1n) is 12.7. The number of halogens is 2. The molecular weight excluding hydrogens is 500 g/mol. The second-order valence-electron chi connectivity index (χ2n) is 11.3. The van der Waals surface area contributed by atoms with E-state index >= 15 is 0 Å². The third-order valence-corrected chi connectivity index (χ3v) is 7.75. The monoisotopic (exact) mass is 529 g/mol. The number of benzene rings is 2. The highest BCUT2D eigenvalue weighted by Gasteiger charge is 2.34. The number of hydrogen-bond acceptors (Lipinski definition) is 6. The van der Waals surface area contributed by atoms with E-state index in [1.165, 1.54) is 12.1 Å². The molecule has 1 fully saturated rings. The Morgan fingerprint density at radius 1 is 1.21 bits per heavy atom. The van der Waals surface area contributed by atoms with Crippen molar-refractivity contribution in [2.45, 2.75) is 58.1 Å². The Morgan fingerprint density at radius 3 is 2.55 bits per heavy atom. The molecule has 194 valence electrons. The standard InChI is InChI=1S/C28H30BClFN7/c1-16(27(2,3)4)34-25-17(13-32)14-33-26-22(25)11-20(12-23(26)30)35-28(29,18-5-7-19(31)8-6-18)24-15-38(37-36-24)21-9-10-21/h5-8,11-12,14-16,21,35H,9-10,29H2,1-4H3,(H,33,34)/t16-,28?/m1/s1. The molecule has 10 heteroatoms. The van der Waals surface area contributed by atoms with E-state index in [1.807, 2.05) is 30.9 Å². The average molecular weight is 530 g/mol. The van der Waals surface area contributed by atoms with Gasteiger partial charge in [-0.15, -0.1) is 5.10 Å². The van der Waals surface area contributed by atoms with Gasteiger partial charge in [0.2, 0.25) is 0 Å². The quantitative estimate of drug-likeness (QED) is 0.302. The molecule has 1 saturated carbocycles. The molecule has 5 rings (SSSR count). The van der Waals surface area contributed by atoms with Crippen molar-refractivity contribution in [3.05, 3.63) is 76.5 Å². The van der Waals surface area contributed by atoms with E-state index in [0.29, 0.717) is 39.2 Å². The summed E-state index contributed by atoms with van der Waals surface area (Å²) in [5.74, 6) is -0.315. The van der Waals surface area contributed by atoms with Crippen LogP contribution >= 0.6 is 11.6 Å². The minimum absolute atomic E-state index is 0.0451. The zero-order chi connectivity index (χ0) is 27.2. The average Bonchev–Trinajstić information content (AvgIpc) is 3.59. The maximum Gasteiger partial charge on any atom is 0.148 e. The van der Waals surface area contributed by atoms with Crippen molar-refractivity contribution in [1.82, 2.24) is 20.0 Å². The number of aromatic nitrogens is 4. The molecule has 2 heterocycles. The smallest absolute Gasteiger partial charge is 0.148 e. The second kappa shape index (κ2) is 9.59. The lowest BCUT2D eigenvalue weighted by atomic mass is 9.69. The van der Waals surface area contributed by atoms with E-state index in [0.717, 1.165) is 23.8 Å². The van der Waals surface area contributed by atoms with E-state index in [9.17, 15) is 9.65 Å². The molecule has 1 aliphatic rings. The molecule has 38 heavy (non-hydrogen) atoms. The van der Waals surface area contributed by atoms with Crippen LogP contribution in [-0.4, -0.2) is 33.9 Å². The fourth-order valence-corrected chi connectivity index (χ4v) is 4.65. The van der Waals surface area contributed by atoms with Crippen LogP contribution < -0.4 is 10.6 Å². The first kappa shape index (κ1) is 26.0. The fourth-order valence-electron chi connectivity index (χ4n) is 4.38. The van der Waals surface area contributed by atoms with Gasteiger partial charge in [-0.2, -0.15) is 5.26 Å². The maximum atomic E-state index is 13.8. The van der Waals surface area contributed by atoms with Gasteiger partial charge in [-0.25, -0.2) is 9.07 Å². The summed E-state index contributed by atoms with van der Waals surface area (Å²) in [4.78, 5) is 4.49. The summed E-state index contributed by atoms with van der Waals surface area (Å²) in [6.45, 7) is 8.51. The van der Waals surface area contributed by atoms with Crippen LogP contribution in [0.2, 0.25) is 5.02 Å². The van der Waals surface area contributed by atoms with Crippen LogP contribution in [0.25, 0.3) is 10.9 Å². The van der Waals surface area contributed by atoms with Crippen LogP contribution in [0.1, 0.15) is 63.4 Å². The topological polar surface area (TPSA) is 91.5 Å². The molecule has 0 radical (unpaired) electrons. The molecule has 0 amide bonds. The van der Waals surface area contributed by atoms with E-state index in [1.54, 1.807) is 18.3 Å². The molecule has 7 nitrogen and oxygen atoms in total. The summed E-state index contributed by atoms with van der Waals surface area (Å²) in [6, 6.07) is 12.8. The second-order valence-corrected chi connectivity index (χ2v) is 11.7. The number of nitrogens with zero attached hydrogens (tertiary/aromatic N) is 5. The number of fused-ring (bicyclic) bond motifs is 1. The van der Waals surface area contributed by atoms with Crippen molar-refractivity contribution >= 4 is 41.7 Å². The Hall–Kier alpha value is -3.64. The molecule has 1 unspecified atom stereocenters. The lowest BCUT2D eigenvalue weighted by Crippen LogP contribution is -2.37. The van der Waals surface area contributed by atoms with Gasteiger partial charge < -0.3 is 10.6 Å². The Balaban J connectivity index is 1.63. The zero-order valence-corrected chi connectivity index (χ0v) is 22.9. The molecular formula is C28H30BClFN7. The highest BCUT2D eigenvalue weighted by molar-refractivity contribution is 6.36. The minimum atomic E-state index is -0.843. The molecule has 2 aromatic heterocycles. The molecule has 2 N–H and O–H groups in total. The first-order valence-corrected chi connectivity index (χ1v) is 13.1. The summed E-state index contributed by atoms with van der Waals surface area (Å²) in [5.41, 5.74) is 3.07. The first-order chi connectivity index (χ1) is 18.0. The van der Waals surface area contributed by atoms with Gasteiger partial charge >= 0.3 is 0 Å². The number of nitriles is 1. The fraction of sp³-hybridized carbons (Fsp3) is 0.357. The molecule has 0 spiro atoms. The van der Waals surface area contributed by atoms with Crippen molar-refractivity contribution in [3.63, 3.8) is 0 Å². The van der Waals surface area contributed by atoms with Crippen LogP contribution in [-0.2, 0) is 5.44 Å². The van der Waals surface area contributed by atoms with Crippen LogP contribution in [0.15, 0.2) is 48.8 Å². The van der Waals surface area contributed by atoms with Gasteiger partial charge in [0.1, 0.15) is 25.4 Å². The summed E-state index contributed by atoms with van der Waals surface area (Å²) in [6.07, 6.45) is 5.67. The van der Waals surface area contributed by atoms with E-state index in [-0.39, 0.29) is 17.3 Å². The van der Waals surface area contributed by atoms with Crippen LogP contribution in [0, 0.1) is 22.6 Å². The highest BCUT2D eigenvalue weighted by Crippen LogP contribution is 2.39. The van der Waals surface area contributed by atoms with Gasteiger partial charge in [-0.1, -0.05) is 49.7 Å². The summed E-state index contributed by atoms with van der Waals surface area (Å²) in [7, 11) is 1.99. The summed E-state index contributed by atoms with van der Waals surface area (Å²) >= 11 is 6.76. The molecule has 1 aliphatic carbocycles. The van der Waals surface area contributed by atoms with Gasteiger partial charge in [-0.05, 0) is 55.0 Å². The summed E-state index contributed by atoms with van der Waals surface area (Å²) in [5, 5.41) is 27.0. The predicted molar refractivity (Wildman–Crippen MR) is 152 cm³/mol. The van der Waals surface area contributed by atoms with Crippen molar-refractivity contribution < 1.29 is 4.39 Å². The lowest BCUT2D eigenvalue weighted by Gasteiger charge is -2.32. The number of nitrogens with one attached hydrogen (secondary N) is 2. The highest BCUT2D eigenvalue weighted by atomic mass is 35.5. The van der Waals surface area contributed by atoms with Gasteiger partial charge in [-0.3, -0.25) is 4.98 Å². The Bertz CT molecular complexity index is 1540. The van der Waals surface area contributed by atoms with E-state index in [2.05, 4.69) is 59.7 Å². The Kier molecular flexibility index (Phi) is 6.56. The number of hydrogen-bond donors (Lipinski definition) is 2. The van der Waals surface area contributed by atoms with E-state index in [4.69, 9.17) is 11.6 Å². The molecule has 0 bridgehead atoms. The van der Waals surface area contributed by atoms with E-state index < -0.39 is 5.44 Å². The Labute approximate surface area is 227 Å². The lowest BCUT2D eigenvalue weighted by molar-refractivity contribution is 0.359. The molecule has 0 saturated heterocycles. The molecule has 2 aromatic carbocycles. The maximum absolute atomic E-state index is 13.8.